The summed E-state index contributed by atoms with van der Waals surface area (Å²) in [5, 5.41) is 2.99. The number of carbonyl (C=O) groups excluding carboxylic acids is 1. The van der Waals surface area contributed by atoms with E-state index in [9.17, 15) is 4.79 Å². The van der Waals surface area contributed by atoms with Crippen LogP contribution in [0.5, 0.6) is 0 Å². The monoisotopic (exact) mass is 278 g/mol. The van der Waals surface area contributed by atoms with Crippen molar-refractivity contribution in [1.82, 2.24) is 14.9 Å². The van der Waals surface area contributed by atoms with Gasteiger partial charge in [-0.2, -0.15) is 0 Å². The van der Waals surface area contributed by atoms with Gasteiger partial charge in [0.1, 0.15) is 5.82 Å². The zero-order chi connectivity index (χ0) is 15.3. The van der Waals surface area contributed by atoms with Crippen molar-refractivity contribution in [2.45, 2.75) is 40.0 Å². The van der Waals surface area contributed by atoms with Gasteiger partial charge in [-0.25, -0.2) is 9.97 Å². The normalized spacial score (nSPS) is 12.3. The van der Waals surface area contributed by atoms with E-state index in [1.54, 1.807) is 18.1 Å². The Morgan fingerprint density at radius 3 is 2.55 bits per heavy atom. The lowest BCUT2D eigenvalue weighted by molar-refractivity contribution is 0.0769. The molecule has 5 heteroatoms. The smallest absolute Gasteiger partial charge is 0.274 e. The summed E-state index contributed by atoms with van der Waals surface area (Å²) in [6, 6.07) is 0. The van der Waals surface area contributed by atoms with Crippen LogP contribution in [0.4, 0.5) is 5.69 Å². The molecule has 1 atom stereocenters. The molecular weight excluding hydrogens is 252 g/mol. The van der Waals surface area contributed by atoms with Crippen LogP contribution >= 0.6 is 0 Å². The van der Waals surface area contributed by atoms with E-state index in [1.807, 2.05) is 20.9 Å². The molecule has 1 aromatic heterocycles. The highest BCUT2D eigenvalue weighted by Gasteiger charge is 2.20. The van der Waals surface area contributed by atoms with Gasteiger partial charge in [0.05, 0.1) is 11.9 Å². The van der Waals surface area contributed by atoms with Crippen LogP contribution in [0.15, 0.2) is 6.20 Å². The van der Waals surface area contributed by atoms with Crippen LogP contribution in [0, 0.1) is 5.92 Å². The second kappa shape index (κ2) is 7.22. The fraction of sp³-hybridized carbons (Fsp3) is 0.667. The van der Waals surface area contributed by atoms with E-state index in [0.29, 0.717) is 23.1 Å². The SMILES string of the molecule is CCC(C)CN(C)C(=O)c1nc(C(C)C)ncc1NC. The number of carbonyl (C=O) groups is 1. The van der Waals surface area contributed by atoms with Crippen LogP contribution in [0.25, 0.3) is 0 Å². The molecule has 0 aliphatic carbocycles. The third kappa shape index (κ3) is 3.92. The van der Waals surface area contributed by atoms with Crippen LogP contribution in [0.2, 0.25) is 0 Å². The fourth-order valence-electron chi connectivity index (χ4n) is 1.88. The Bertz CT molecular complexity index is 459. The van der Waals surface area contributed by atoms with Gasteiger partial charge in [-0.3, -0.25) is 4.79 Å². The Kier molecular flexibility index (Phi) is 5.92. The summed E-state index contributed by atoms with van der Waals surface area (Å²) in [5.41, 5.74) is 1.13. The maximum atomic E-state index is 12.5. The van der Waals surface area contributed by atoms with Gasteiger partial charge in [0.25, 0.3) is 5.91 Å². The van der Waals surface area contributed by atoms with E-state index in [-0.39, 0.29) is 11.8 Å². The number of anilines is 1. The van der Waals surface area contributed by atoms with E-state index >= 15 is 0 Å². The van der Waals surface area contributed by atoms with E-state index in [1.165, 1.54) is 0 Å². The maximum absolute atomic E-state index is 12.5. The predicted octanol–water partition coefficient (Wildman–Crippen LogP) is 2.76. The number of hydrogen-bond acceptors (Lipinski definition) is 4. The average Bonchev–Trinajstić information content (AvgIpc) is 2.45. The number of amides is 1. The van der Waals surface area contributed by atoms with Gasteiger partial charge < -0.3 is 10.2 Å². The summed E-state index contributed by atoms with van der Waals surface area (Å²) in [5.74, 6) is 1.32. The van der Waals surface area contributed by atoms with Gasteiger partial charge in [-0.1, -0.05) is 34.1 Å². The lowest BCUT2D eigenvalue weighted by atomic mass is 10.1. The van der Waals surface area contributed by atoms with E-state index in [2.05, 4.69) is 29.1 Å². The number of aromatic nitrogens is 2. The lowest BCUT2D eigenvalue weighted by Crippen LogP contribution is -2.32. The Balaban J connectivity index is 3.03. The second-order valence-electron chi connectivity index (χ2n) is 5.59. The van der Waals surface area contributed by atoms with Gasteiger partial charge >= 0.3 is 0 Å². The topological polar surface area (TPSA) is 58.1 Å². The van der Waals surface area contributed by atoms with Gasteiger partial charge in [0.15, 0.2) is 5.69 Å². The van der Waals surface area contributed by atoms with E-state index in [0.717, 1.165) is 13.0 Å². The summed E-state index contributed by atoms with van der Waals surface area (Å²) < 4.78 is 0. The van der Waals surface area contributed by atoms with Gasteiger partial charge in [-0.15, -0.1) is 0 Å². The molecule has 0 spiro atoms. The first kappa shape index (κ1) is 16.4. The van der Waals surface area contributed by atoms with Crippen molar-refractivity contribution in [1.29, 1.82) is 0 Å². The Morgan fingerprint density at radius 1 is 1.40 bits per heavy atom. The van der Waals surface area contributed by atoms with Crippen molar-refractivity contribution in [2.24, 2.45) is 5.92 Å². The minimum Gasteiger partial charge on any atom is -0.385 e. The molecule has 0 bridgehead atoms. The van der Waals surface area contributed by atoms with Crippen molar-refractivity contribution in [3.05, 3.63) is 17.7 Å². The average molecular weight is 278 g/mol. The highest BCUT2D eigenvalue weighted by Crippen LogP contribution is 2.18. The standard InChI is InChI=1S/C15H26N4O/c1-7-11(4)9-19(6)15(20)13-12(16-5)8-17-14(18-13)10(2)3/h8,10-11,16H,7,9H2,1-6H3. The Hall–Kier alpha value is -1.65. The van der Waals surface area contributed by atoms with Crippen LogP contribution < -0.4 is 5.32 Å². The third-order valence-corrected chi connectivity index (χ3v) is 3.42. The molecule has 1 heterocycles. The Morgan fingerprint density at radius 2 is 2.05 bits per heavy atom. The highest BCUT2D eigenvalue weighted by atomic mass is 16.2. The molecule has 20 heavy (non-hydrogen) atoms. The van der Waals surface area contributed by atoms with Gasteiger partial charge in [0, 0.05) is 26.6 Å². The minimum atomic E-state index is -0.0565. The largest absolute Gasteiger partial charge is 0.385 e. The van der Waals surface area contributed by atoms with E-state index in [4.69, 9.17) is 0 Å². The minimum absolute atomic E-state index is 0.0565. The quantitative estimate of drug-likeness (QED) is 0.869. The third-order valence-electron chi connectivity index (χ3n) is 3.42. The molecule has 0 aliphatic heterocycles. The molecule has 0 fully saturated rings. The first-order valence-electron chi connectivity index (χ1n) is 7.20. The molecule has 5 nitrogen and oxygen atoms in total. The predicted molar refractivity (Wildman–Crippen MR) is 82.1 cm³/mol. The summed E-state index contributed by atoms with van der Waals surface area (Å²) in [7, 11) is 3.60. The fourth-order valence-corrected chi connectivity index (χ4v) is 1.88. The highest BCUT2D eigenvalue weighted by molar-refractivity contribution is 5.97. The van der Waals surface area contributed by atoms with Crippen molar-refractivity contribution in [2.75, 3.05) is 26.0 Å². The second-order valence-corrected chi connectivity index (χ2v) is 5.59. The lowest BCUT2D eigenvalue weighted by Gasteiger charge is -2.21. The van der Waals surface area contributed by atoms with Gasteiger partial charge in [0.2, 0.25) is 0 Å². The van der Waals surface area contributed by atoms with Crippen LogP contribution in [-0.4, -0.2) is 41.4 Å². The molecule has 0 radical (unpaired) electrons. The molecular formula is C15H26N4O. The summed E-state index contributed by atoms with van der Waals surface area (Å²) in [4.78, 5) is 23.0. The summed E-state index contributed by atoms with van der Waals surface area (Å²) in [6.07, 6.45) is 2.74. The zero-order valence-electron chi connectivity index (χ0n) is 13.4. The first-order valence-corrected chi connectivity index (χ1v) is 7.20. The number of nitrogens with zero attached hydrogens (tertiary/aromatic N) is 3. The number of hydrogen-bond donors (Lipinski definition) is 1. The van der Waals surface area contributed by atoms with Crippen LogP contribution in [-0.2, 0) is 0 Å². The van der Waals surface area contributed by atoms with E-state index < -0.39 is 0 Å². The number of rotatable bonds is 6. The molecule has 1 rings (SSSR count). The molecule has 0 saturated heterocycles. The molecule has 1 unspecified atom stereocenters. The molecule has 0 aliphatic rings. The molecule has 1 aromatic rings. The molecule has 0 aromatic carbocycles. The summed E-state index contributed by atoms with van der Waals surface area (Å²) >= 11 is 0. The zero-order valence-corrected chi connectivity index (χ0v) is 13.4. The van der Waals surface area contributed by atoms with Crippen molar-refractivity contribution in [3.8, 4) is 0 Å². The van der Waals surface area contributed by atoms with Crippen molar-refractivity contribution >= 4 is 11.6 Å². The number of nitrogens with one attached hydrogen (secondary N) is 1. The molecule has 1 amide bonds. The first-order chi connectivity index (χ1) is 9.40. The van der Waals surface area contributed by atoms with Crippen molar-refractivity contribution in [3.63, 3.8) is 0 Å². The summed E-state index contributed by atoms with van der Waals surface area (Å²) in [6.45, 7) is 9.04. The van der Waals surface area contributed by atoms with Crippen LogP contribution in [0.3, 0.4) is 0 Å². The molecule has 1 N–H and O–H groups in total. The van der Waals surface area contributed by atoms with Crippen molar-refractivity contribution < 1.29 is 4.79 Å². The van der Waals surface area contributed by atoms with Crippen LogP contribution in [0.1, 0.15) is 56.3 Å². The Labute approximate surface area is 121 Å². The molecule has 0 saturated carbocycles. The molecule has 112 valence electrons. The maximum Gasteiger partial charge on any atom is 0.274 e. The van der Waals surface area contributed by atoms with Gasteiger partial charge in [-0.05, 0) is 5.92 Å².